The van der Waals surface area contributed by atoms with Crippen LogP contribution in [0.2, 0.25) is 0 Å². The van der Waals surface area contributed by atoms with Crippen LogP contribution in [0.4, 0.5) is 5.82 Å². The van der Waals surface area contributed by atoms with Gasteiger partial charge < -0.3 is 5.73 Å². The Balaban J connectivity index is 1.43. The van der Waals surface area contributed by atoms with E-state index in [1.54, 1.807) is 35.8 Å². The van der Waals surface area contributed by atoms with Crippen molar-refractivity contribution in [2.45, 2.75) is 9.79 Å². The van der Waals surface area contributed by atoms with E-state index in [4.69, 9.17) is 5.73 Å². The molecule has 0 saturated heterocycles. The van der Waals surface area contributed by atoms with Gasteiger partial charge in [-0.2, -0.15) is 4.98 Å². The predicted octanol–water partition coefficient (Wildman–Crippen LogP) is 3.49. The molecular formula is C20H17N5OS2. The second-order valence-electron chi connectivity index (χ2n) is 5.83. The molecule has 0 unspecified atom stereocenters. The minimum absolute atomic E-state index is 0.217. The molecular weight excluding hydrogens is 390 g/mol. The van der Waals surface area contributed by atoms with Gasteiger partial charge in [0, 0.05) is 16.0 Å². The summed E-state index contributed by atoms with van der Waals surface area (Å²) in [6, 6.07) is 19.5. The standard InChI is InChI=1S/C20H17N5OS2/c21-17-12-13-25(20(26)22-17)14-6-8-16(9-7-14)28-19-11-10-18(23-24-19)27-15-4-2-1-3-5-15/h1-13,23-24H,(H2,21,22,26). The van der Waals surface area contributed by atoms with Gasteiger partial charge in [-0.15, -0.1) is 0 Å². The van der Waals surface area contributed by atoms with Gasteiger partial charge in [-0.25, -0.2) is 4.79 Å². The highest BCUT2D eigenvalue weighted by Gasteiger charge is 2.08. The normalized spacial score (nSPS) is 13.1. The highest BCUT2D eigenvalue weighted by molar-refractivity contribution is 8.03. The van der Waals surface area contributed by atoms with Gasteiger partial charge in [0.2, 0.25) is 0 Å². The van der Waals surface area contributed by atoms with E-state index in [1.165, 1.54) is 9.46 Å². The molecule has 2 heterocycles. The Kier molecular flexibility index (Phi) is 5.41. The first-order valence-corrected chi connectivity index (χ1v) is 10.1. The van der Waals surface area contributed by atoms with Crippen LogP contribution in [0.25, 0.3) is 5.69 Å². The summed E-state index contributed by atoms with van der Waals surface area (Å²) in [5, 5.41) is 2.01. The molecule has 0 saturated carbocycles. The van der Waals surface area contributed by atoms with Crippen molar-refractivity contribution in [3.05, 3.63) is 99.6 Å². The van der Waals surface area contributed by atoms with Crippen LogP contribution in [0.5, 0.6) is 0 Å². The molecule has 4 N–H and O–H groups in total. The van der Waals surface area contributed by atoms with Gasteiger partial charge in [0.1, 0.15) is 5.82 Å². The highest BCUT2D eigenvalue weighted by Crippen LogP contribution is 2.30. The molecule has 6 nitrogen and oxygen atoms in total. The highest BCUT2D eigenvalue weighted by atomic mass is 32.2. The zero-order valence-electron chi connectivity index (χ0n) is 14.7. The molecule has 0 atom stereocenters. The maximum absolute atomic E-state index is 11.9. The third-order valence-electron chi connectivity index (χ3n) is 3.83. The Morgan fingerprint density at radius 3 is 2.00 bits per heavy atom. The third kappa shape index (κ3) is 4.41. The summed E-state index contributed by atoms with van der Waals surface area (Å²) >= 11 is 3.26. The SMILES string of the molecule is Nc1ccn(-c2ccc(SC3=CC=C(Sc4ccccc4)NN3)cc2)c(=O)n1. The van der Waals surface area contributed by atoms with Crippen LogP contribution in [-0.2, 0) is 0 Å². The van der Waals surface area contributed by atoms with Gasteiger partial charge in [-0.1, -0.05) is 41.7 Å². The zero-order valence-corrected chi connectivity index (χ0v) is 16.3. The molecule has 1 aliphatic rings. The van der Waals surface area contributed by atoms with Crippen LogP contribution in [-0.4, -0.2) is 9.55 Å². The lowest BCUT2D eigenvalue weighted by molar-refractivity contribution is 0.743. The number of nitrogens with one attached hydrogen (secondary N) is 2. The van der Waals surface area contributed by atoms with Crippen molar-refractivity contribution < 1.29 is 0 Å². The van der Waals surface area contributed by atoms with Crippen molar-refractivity contribution in [3.8, 4) is 5.69 Å². The summed E-state index contributed by atoms with van der Waals surface area (Å²) in [6.07, 6.45) is 5.71. The van der Waals surface area contributed by atoms with Crippen molar-refractivity contribution >= 4 is 29.3 Å². The van der Waals surface area contributed by atoms with Crippen LogP contribution in [0.15, 0.2) is 104 Å². The van der Waals surface area contributed by atoms with Crippen molar-refractivity contribution in [2.75, 3.05) is 5.73 Å². The number of hydrogen-bond donors (Lipinski definition) is 3. The van der Waals surface area contributed by atoms with Crippen molar-refractivity contribution in [1.82, 2.24) is 20.4 Å². The minimum Gasteiger partial charge on any atom is -0.383 e. The molecule has 3 aromatic rings. The summed E-state index contributed by atoms with van der Waals surface area (Å²) in [6.45, 7) is 0. The summed E-state index contributed by atoms with van der Waals surface area (Å²) < 4.78 is 1.46. The molecule has 140 valence electrons. The van der Waals surface area contributed by atoms with Gasteiger partial charge in [-0.3, -0.25) is 15.4 Å². The van der Waals surface area contributed by atoms with Crippen LogP contribution in [0, 0.1) is 0 Å². The lowest BCUT2D eigenvalue weighted by Crippen LogP contribution is -2.30. The number of nitrogens with zero attached hydrogens (tertiary/aromatic N) is 2. The van der Waals surface area contributed by atoms with E-state index in [2.05, 4.69) is 28.0 Å². The lowest BCUT2D eigenvalue weighted by atomic mass is 10.3. The zero-order chi connectivity index (χ0) is 19.3. The summed E-state index contributed by atoms with van der Waals surface area (Å²) in [5.41, 5.74) is 12.3. The number of benzene rings is 2. The van der Waals surface area contributed by atoms with Gasteiger partial charge in [-0.05, 0) is 54.6 Å². The van der Waals surface area contributed by atoms with E-state index < -0.39 is 5.69 Å². The van der Waals surface area contributed by atoms with E-state index in [0.717, 1.165) is 20.6 Å². The smallest absolute Gasteiger partial charge is 0.354 e. The number of hydrazine groups is 1. The number of hydrogen-bond acceptors (Lipinski definition) is 7. The largest absolute Gasteiger partial charge is 0.383 e. The number of thioether (sulfide) groups is 2. The van der Waals surface area contributed by atoms with Gasteiger partial charge >= 0.3 is 5.69 Å². The Labute approximate surface area is 170 Å². The van der Waals surface area contributed by atoms with Gasteiger partial charge in [0.15, 0.2) is 0 Å². The van der Waals surface area contributed by atoms with Crippen molar-refractivity contribution in [1.29, 1.82) is 0 Å². The first-order valence-electron chi connectivity index (χ1n) is 8.48. The number of aromatic nitrogens is 2. The minimum atomic E-state index is -0.394. The van der Waals surface area contributed by atoms with E-state index in [-0.39, 0.29) is 5.82 Å². The molecule has 8 heteroatoms. The summed E-state index contributed by atoms with van der Waals surface area (Å²) in [5.74, 6) is 0.217. The summed E-state index contributed by atoms with van der Waals surface area (Å²) in [4.78, 5) is 17.9. The lowest BCUT2D eigenvalue weighted by Gasteiger charge is -2.18. The Hall–Kier alpha value is -3.10. The van der Waals surface area contributed by atoms with E-state index in [0.29, 0.717) is 0 Å². The maximum Gasteiger partial charge on any atom is 0.354 e. The molecule has 28 heavy (non-hydrogen) atoms. The van der Waals surface area contributed by atoms with E-state index in [1.807, 2.05) is 54.6 Å². The molecule has 0 fully saturated rings. The molecule has 1 aliphatic heterocycles. The van der Waals surface area contributed by atoms with Crippen LogP contribution < -0.4 is 22.3 Å². The molecule has 2 aromatic carbocycles. The van der Waals surface area contributed by atoms with Crippen molar-refractivity contribution in [2.24, 2.45) is 0 Å². The number of nitrogens with two attached hydrogens (primary N) is 1. The molecule has 0 bridgehead atoms. The van der Waals surface area contributed by atoms with Gasteiger partial charge in [0.25, 0.3) is 0 Å². The topological polar surface area (TPSA) is 85.0 Å². The quantitative estimate of drug-likeness (QED) is 0.597. The number of rotatable bonds is 5. The second-order valence-corrected chi connectivity index (χ2v) is 8.06. The molecule has 0 spiro atoms. The van der Waals surface area contributed by atoms with Crippen LogP contribution in [0.1, 0.15) is 0 Å². The Bertz CT molecular complexity index is 1090. The monoisotopic (exact) mass is 407 g/mol. The molecule has 4 rings (SSSR count). The number of nitrogen functional groups attached to an aromatic ring is 1. The van der Waals surface area contributed by atoms with Crippen molar-refractivity contribution in [3.63, 3.8) is 0 Å². The fraction of sp³-hybridized carbons (Fsp3) is 0. The predicted molar refractivity (Wildman–Crippen MR) is 115 cm³/mol. The first kappa shape index (κ1) is 18.3. The van der Waals surface area contributed by atoms with Crippen LogP contribution in [0.3, 0.4) is 0 Å². The van der Waals surface area contributed by atoms with E-state index >= 15 is 0 Å². The number of allylic oxidation sites excluding steroid dienone is 2. The fourth-order valence-electron chi connectivity index (χ4n) is 2.51. The number of anilines is 1. The molecule has 0 amide bonds. The van der Waals surface area contributed by atoms with Crippen LogP contribution >= 0.6 is 23.5 Å². The first-order chi connectivity index (χ1) is 13.7. The fourth-order valence-corrected chi connectivity index (χ4v) is 4.06. The molecule has 1 aromatic heterocycles. The maximum atomic E-state index is 11.9. The molecule has 0 radical (unpaired) electrons. The average Bonchev–Trinajstić information content (AvgIpc) is 2.71. The Morgan fingerprint density at radius 2 is 1.43 bits per heavy atom. The second kappa shape index (κ2) is 8.28. The molecule has 0 aliphatic carbocycles. The average molecular weight is 408 g/mol. The third-order valence-corrected chi connectivity index (χ3v) is 5.77. The Morgan fingerprint density at radius 1 is 0.821 bits per heavy atom. The summed E-state index contributed by atoms with van der Waals surface area (Å²) in [7, 11) is 0. The van der Waals surface area contributed by atoms with Gasteiger partial charge in [0.05, 0.1) is 15.7 Å². The van der Waals surface area contributed by atoms with E-state index in [9.17, 15) is 4.79 Å².